The van der Waals surface area contributed by atoms with Crippen LogP contribution >= 0.6 is 0 Å². The Bertz CT molecular complexity index is 134. The Morgan fingerprint density at radius 2 is 2.29 bits per heavy atom. The largest absolute Gasteiger partial charge is 0.270 e. The van der Waals surface area contributed by atoms with Crippen molar-refractivity contribution in [2.75, 3.05) is 12.4 Å². The normalized spacial score (nSPS) is 28.0. The average Bonchev–Trinajstić information content (AvgIpc) is 1.84. The van der Waals surface area contributed by atoms with E-state index >= 15 is 0 Å². The van der Waals surface area contributed by atoms with Crippen LogP contribution in [0.2, 0.25) is 0 Å². The SMILES string of the molecule is O=S1(=O)C[CH]CO1. The quantitative estimate of drug-likeness (QED) is 0.408. The molecule has 7 heavy (non-hydrogen) atoms. The van der Waals surface area contributed by atoms with Crippen molar-refractivity contribution >= 4 is 10.1 Å². The van der Waals surface area contributed by atoms with Crippen molar-refractivity contribution in [1.82, 2.24) is 0 Å². The summed E-state index contributed by atoms with van der Waals surface area (Å²) in [4.78, 5) is 0. The highest BCUT2D eigenvalue weighted by Gasteiger charge is 2.17. The molecular formula is C3H5O3S. The Kier molecular flexibility index (Phi) is 1.05. The van der Waals surface area contributed by atoms with Crippen LogP contribution in [-0.4, -0.2) is 20.8 Å². The molecule has 1 radical (unpaired) electrons. The van der Waals surface area contributed by atoms with Gasteiger partial charge >= 0.3 is 0 Å². The van der Waals surface area contributed by atoms with E-state index in [1.165, 1.54) is 0 Å². The van der Waals surface area contributed by atoms with E-state index in [2.05, 4.69) is 4.18 Å². The molecule has 0 saturated carbocycles. The fourth-order valence-corrected chi connectivity index (χ4v) is 1.18. The molecular weight excluding hydrogens is 116 g/mol. The van der Waals surface area contributed by atoms with Crippen LogP contribution in [0, 0.1) is 6.42 Å². The molecule has 41 valence electrons. The van der Waals surface area contributed by atoms with E-state index in [4.69, 9.17) is 0 Å². The summed E-state index contributed by atoms with van der Waals surface area (Å²) in [6, 6.07) is 0. The highest BCUT2D eigenvalue weighted by Crippen LogP contribution is 2.03. The van der Waals surface area contributed by atoms with Gasteiger partial charge in [0, 0.05) is 6.42 Å². The molecule has 1 rings (SSSR count). The van der Waals surface area contributed by atoms with Crippen LogP contribution in [0.4, 0.5) is 0 Å². The Labute approximate surface area is 42.4 Å². The molecule has 0 aromatic heterocycles. The Hall–Kier alpha value is -0.0900. The molecule has 1 fully saturated rings. The zero-order valence-electron chi connectivity index (χ0n) is 3.62. The smallest absolute Gasteiger partial charge is 0.267 e. The van der Waals surface area contributed by atoms with Gasteiger partial charge in [0.15, 0.2) is 0 Å². The van der Waals surface area contributed by atoms with Crippen molar-refractivity contribution in [2.24, 2.45) is 0 Å². The highest BCUT2D eigenvalue weighted by molar-refractivity contribution is 7.87. The molecule has 0 aromatic rings. The Morgan fingerprint density at radius 1 is 1.57 bits per heavy atom. The van der Waals surface area contributed by atoms with Crippen LogP contribution in [-0.2, 0) is 14.3 Å². The second-order valence-corrected chi connectivity index (χ2v) is 2.98. The molecule has 0 aliphatic carbocycles. The van der Waals surface area contributed by atoms with E-state index in [0.29, 0.717) is 0 Å². The van der Waals surface area contributed by atoms with E-state index in [1.807, 2.05) is 0 Å². The number of hydrogen-bond acceptors (Lipinski definition) is 3. The molecule has 0 spiro atoms. The summed E-state index contributed by atoms with van der Waals surface area (Å²) in [5.74, 6) is 0.0764. The maximum absolute atomic E-state index is 10.2. The molecule has 1 heterocycles. The second-order valence-electron chi connectivity index (χ2n) is 1.30. The third-order valence-corrected chi connectivity index (χ3v) is 1.83. The van der Waals surface area contributed by atoms with E-state index in [9.17, 15) is 8.42 Å². The minimum absolute atomic E-state index is 0.0764. The molecule has 0 bridgehead atoms. The van der Waals surface area contributed by atoms with Gasteiger partial charge in [0.2, 0.25) is 0 Å². The molecule has 1 aliphatic heterocycles. The van der Waals surface area contributed by atoms with Gasteiger partial charge in [0.1, 0.15) is 0 Å². The molecule has 0 aromatic carbocycles. The first kappa shape index (κ1) is 5.05. The highest BCUT2D eigenvalue weighted by atomic mass is 32.2. The van der Waals surface area contributed by atoms with Crippen molar-refractivity contribution in [3.8, 4) is 0 Å². The first-order chi connectivity index (χ1) is 3.21. The van der Waals surface area contributed by atoms with E-state index in [-0.39, 0.29) is 12.4 Å². The molecule has 1 aliphatic rings. The van der Waals surface area contributed by atoms with Gasteiger partial charge in [-0.15, -0.1) is 0 Å². The monoisotopic (exact) mass is 121 g/mol. The first-order valence-electron chi connectivity index (χ1n) is 1.89. The zero-order chi connectivity index (χ0) is 5.33. The molecule has 0 N–H and O–H groups in total. The molecule has 1 saturated heterocycles. The third-order valence-electron chi connectivity index (χ3n) is 0.687. The van der Waals surface area contributed by atoms with Crippen LogP contribution in [0.1, 0.15) is 0 Å². The van der Waals surface area contributed by atoms with Gasteiger partial charge in [-0.05, 0) is 0 Å². The Balaban J connectivity index is 2.76. The van der Waals surface area contributed by atoms with Gasteiger partial charge < -0.3 is 0 Å². The van der Waals surface area contributed by atoms with Gasteiger partial charge in [-0.3, -0.25) is 4.18 Å². The van der Waals surface area contributed by atoms with Crippen molar-refractivity contribution in [2.45, 2.75) is 0 Å². The van der Waals surface area contributed by atoms with Gasteiger partial charge in [-0.1, -0.05) is 0 Å². The summed E-state index contributed by atoms with van der Waals surface area (Å²) in [5.41, 5.74) is 0. The summed E-state index contributed by atoms with van der Waals surface area (Å²) in [7, 11) is -3.10. The van der Waals surface area contributed by atoms with E-state index in [1.54, 1.807) is 6.42 Å². The van der Waals surface area contributed by atoms with Crippen molar-refractivity contribution in [1.29, 1.82) is 0 Å². The Morgan fingerprint density at radius 3 is 2.43 bits per heavy atom. The predicted octanol–water partition coefficient (Wildman–Crippen LogP) is -0.449. The van der Waals surface area contributed by atoms with E-state index in [0.717, 1.165) is 0 Å². The average molecular weight is 121 g/mol. The molecule has 4 heteroatoms. The summed E-state index contributed by atoms with van der Waals surface area (Å²) < 4.78 is 24.6. The van der Waals surface area contributed by atoms with Crippen LogP contribution in [0.5, 0.6) is 0 Å². The molecule has 0 unspecified atom stereocenters. The van der Waals surface area contributed by atoms with Gasteiger partial charge in [-0.2, -0.15) is 8.42 Å². The summed E-state index contributed by atoms with van der Waals surface area (Å²) in [5, 5.41) is 0. The topological polar surface area (TPSA) is 43.4 Å². The lowest BCUT2D eigenvalue weighted by Crippen LogP contribution is -1.96. The van der Waals surface area contributed by atoms with Crippen LogP contribution in [0.15, 0.2) is 0 Å². The molecule has 0 atom stereocenters. The van der Waals surface area contributed by atoms with Crippen molar-refractivity contribution in [3.63, 3.8) is 0 Å². The van der Waals surface area contributed by atoms with Gasteiger partial charge in [0.25, 0.3) is 10.1 Å². The first-order valence-corrected chi connectivity index (χ1v) is 3.47. The predicted molar refractivity (Wildman–Crippen MR) is 24.0 cm³/mol. The van der Waals surface area contributed by atoms with Crippen LogP contribution < -0.4 is 0 Å². The maximum Gasteiger partial charge on any atom is 0.267 e. The molecule has 3 nitrogen and oxygen atoms in total. The van der Waals surface area contributed by atoms with Crippen LogP contribution in [0.25, 0.3) is 0 Å². The second kappa shape index (κ2) is 1.45. The summed E-state index contributed by atoms with van der Waals surface area (Å²) >= 11 is 0. The number of rotatable bonds is 0. The van der Waals surface area contributed by atoms with Crippen molar-refractivity contribution in [3.05, 3.63) is 6.42 Å². The minimum atomic E-state index is -3.10. The lowest BCUT2D eigenvalue weighted by atomic mass is 10.5. The van der Waals surface area contributed by atoms with E-state index < -0.39 is 10.1 Å². The third kappa shape index (κ3) is 1.14. The number of hydrogen-bond donors (Lipinski definition) is 0. The minimum Gasteiger partial charge on any atom is -0.270 e. The van der Waals surface area contributed by atoms with Crippen molar-refractivity contribution < 1.29 is 12.6 Å². The summed E-state index contributed by atoms with van der Waals surface area (Å²) in [6.07, 6.45) is 1.58. The lowest BCUT2D eigenvalue weighted by Gasteiger charge is -1.83. The fraction of sp³-hybridized carbons (Fsp3) is 0.667. The lowest BCUT2D eigenvalue weighted by molar-refractivity contribution is 0.372. The maximum atomic E-state index is 10.2. The van der Waals surface area contributed by atoms with Gasteiger partial charge in [0.05, 0.1) is 12.4 Å². The summed E-state index contributed by atoms with van der Waals surface area (Å²) in [6.45, 7) is 0.252. The van der Waals surface area contributed by atoms with Gasteiger partial charge in [-0.25, -0.2) is 0 Å². The zero-order valence-corrected chi connectivity index (χ0v) is 4.44. The molecule has 0 amide bonds. The van der Waals surface area contributed by atoms with Crippen LogP contribution in [0.3, 0.4) is 0 Å². The standard InChI is InChI=1S/C3H5O3S/c4-7(5)3-1-2-6-7/h1H,2-3H2. The fourth-order valence-electron chi connectivity index (χ4n) is 0.392.